The van der Waals surface area contributed by atoms with Crippen molar-refractivity contribution < 1.29 is 0 Å². The van der Waals surface area contributed by atoms with Crippen molar-refractivity contribution in [3.05, 3.63) is 0 Å². The molecule has 0 saturated carbocycles. The van der Waals surface area contributed by atoms with Crippen LogP contribution in [-0.2, 0) is 0 Å². The lowest BCUT2D eigenvalue weighted by molar-refractivity contribution is 0.312. The van der Waals surface area contributed by atoms with E-state index in [1.807, 2.05) is 0 Å². The SMILES string of the molecule is CCCCCCCCCCC(N)(CCC)CCCCC. The molecular formula is C19H41N. The van der Waals surface area contributed by atoms with Gasteiger partial charge in [-0.2, -0.15) is 0 Å². The van der Waals surface area contributed by atoms with Crippen molar-refractivity contribution in [1.29, 1.82) is 0 Å². The van der Waals surface area contributed by atoms with Gasteiger partial charge >= 0.3 is 0 Å². The first kappa shape index (κ1) is 20.0. The molecule has 0 fully saturated rings. The van der Waals surface area contributed by atoms with Crippen LogP contribution in [0.3, 0.4) is 0 Å². The van der Waals surface area contributed by atoms with Gasteiger partial charge in [0.25, 0.3) is 0 Å². The van der Waals surface area contributed by atoms with E-state index in [4.69, 9.17) is 5.73 Å². The van der Waals surface area contributed by atoms with Gasteiger partial charge in [0.05, 0.1) is 0 Å². The topological polar surface area (TPSA) is 26.0 Å². The van der Waals surface area contributed by atoms with E-state index in [9.17, 15) is 0 Å². The third-order valence-corrected chi connectivity index (χ3v) is 4.55. The summed E-state index contributed by atoms with van der Waals surface area (Å²) in [5.74, 6) is 0. The number of nitrogens with two attached hydrogens (primary N) is 1. The zero-order chi connectivity index (χ0) is 15.1. The van der Waals surface area contributed by atoms with Crippen molar-refractivity contribution in [2.45, 2.75) is 123 Å². The van der Waals surface area contributed by atoms with Crippen molar-refractivity contribution >= 4 is 0 Å². The average molecular weight is 284 g/mol. The van der Waals surface area contributed by atoms with Crippen LogP contribution in [0.2, 0.25) is 0 Å². The lowest BCUT2D eigenvalue weighted by atomic mass is 9.83. The molecule has 1 unspecified atom stereocenters. The summed E-state index contributed by atoms with van der Waals surface area (Å²) in [6, 6.07) is 0. The zero-order valence-corrected chi connectivity index (χ0v) is 14.7. The molecule has 0 aliphatic rings. The Morgan fingerprint density at radius 1 is 0.500 bits per heavy atom. The summed E-state index contributed by atoms with van der Waals surface area (Å²) in [5.41, 5.74) is 6.77. The van der Waals surface area contributed by atoms with Gasteiger partial charge in [-0.25, -0.2) is 0 Å². The van der Waals surface area contributed by atoms with Gasteiger partial charge in [-0.3, -0.25) is 0 Å². The van der Waals surface area contributed by atoms with Gasteiger partial charge < -0.3 is 5.73 Å². The second-order valence-corrected chi connectivity index (χ2v) is 6.79. The Hall–Kier alpha value is -0.0400. The molecule has 0 rings (SSSR count). The van der Waals surface area contributed by atoms with Crippen LogP contribution in [0.4, 0.5) is 0 Å². The fourth-order valence-electron chi connectivity index (χ4n) is 3.21. The molecule has 0 heterocycles. The van der Waals surface area contributed by atoms with Crippen molar-refractivity contribution in [2.75, 3.05) is 0 Å². The van der Waals surface area contributed by atoms with E-state index in [2.05, 4.69) is 20.8 Å². The quantitative estimate of drug-likeness (QED) is 0.337. The lowest BCUT2D eigenvalue weighted by Crippen LogP contribution is -2.39. The lowest BCUT2D eigenvalue weighted by Gasteiger charge is -2.29. The normalized spacial score (nSPS) is 14.4. The first-order valence-electron chi connectivity index (χ1n) is 9.47. The van der Waals surface area contributed by atoms with Crippen LogP contribution in [0.15, 0.2) is 0 Å². The molecule has 2 N–H and O–H groups in total. The van der Waals surface area contributed by atoms with E-state index >= 15 is 0 Å². The first-order valence-corrected chi connectivity index (χ1v) is 9.47. The Balaban J connectivity index is 3.63. The predicted molar refractivity (Wildman–Crippen MR) is 93.2 cm³/mol. The molecule has 1 nitrogen and oxygen atoms in total. The van der Waals surface area contributed by atoms with E-state index in [-0.39, 0.29) is 5.54 Å². The van der Waals surface area contributed by atoms with Crippen LogP contribution in [0.5, 0.6) is 0 Å². The Labute approximate surface area is 129 Å². The summed E-state index contributed by atoms with van der Waals surface area (Å²) in [7, 11) is 0. The highest BCUT2D eigenvalue weighted by atomic mass is 14.7. The molecular weight excluding hydrogens is 242 g/mol. The number of hydrogen-bond donors (Lipinski definition) is 1. The van der Waals surface area contributed by atoms with E-state index in [0.717, 1.165) is 0 Å². The summed E-state index contributed by atoms with van der Waals surface area (Å²) in [6.07, 6.45) is 20.1. The zero-order valence-electron chi connectivity index (χ0n) is 14.7. The summed E-state index contributed by atoms with van der Waals surface area (Å²) in [5, 5.41) is 0. The fourth-order valence-corrected chi connectivity index (χ4v) is 3.21. The standard InChI is InChI=1S/C19H41N/c1-4-7-9-10-11-12-13-15-18-19(20,16-6-3)17-14-8-5-2/h4-18,20H2,1-3H3. The molecule has 0 aromatic heterocycles. The van der Waals surface area contributed by atoms with Crippen LogP contribution in [-0.4, -0.2) is 5.54 Å². The highest BCUT2D eigenvalue weighted by Gasteiger charge is 2.22. The van der Waals surface area contributed by atoms with Gasteiger partial charge in [0.15, 0.2) is 0 Å². The minimum atomic E-state index is 0.145. The Morgan fingerprint density at radius 2 is 0.900 bits per heavy atom. The Kier molecular flexibility index (Phi) is 13.9. The van der Waals surface area contributed by atoms with Crippen molar-refractivity contribution in [1.82, 2.24) is 0 Å². The molecule has 0 aromatic rings. The van der Waals surface area contributed by atoms with Crippen LogP contribution in [0, 0.1) is 0 Å². The van der Waals surface area contributed by atoms with Crippen LogP contribution in [0.1, 0.15) is 117 Å². The highest BCUT2D eigenvalue weighted by Crippen LogP contribution is 2.25. The van der Waals surface area contributed by atoms with Gasteiger partial charge in [0.1, 0.15) is 0 Å². The second-order valence-electron chi connectivity index (χ2n) is 6.79. The molecule has 0 radical (unpaired) electrons. The highest BCUT2D eigenvalue weighted by molar-refractivity contribution is 4.83. The van der Waals surface area contributed by atoms with E-state index in [0.29, 0.717) is 0 Å². The average Bonchev–Trinajstić information content (AvgIpc) is 2.42. The van der Waals surface area contributed by atoms with Gasteiger partial charge in [0, 0.05) is 5.54 Å². The minimum absolute atomic E-state index is 0.145. The summed E-state index contributed by atoms with van der Waals surface area (Å²) in [6.45, 7) is 6.83. The molecule has 122 valence electrons. The molecule has 0 aromatic carbocycles. The summed E-state index contributed by atoms with van der Waals surface area (Å²) in [4.78, 5) is 0. The molecule has 1 atom stereocenters. The molecule has 0 bridgehead atoms. The maximum atomic E-state index is 6.63. The third-order valence-electron chi connectivity index (χ3n) is 4.55. The smallest absolute Gasteiger partial charge is 0.0154 e. The van der Waals surface area contributed by atoms with Crippen LogP contribution >= 0.6 is 0 Å². The summed E-state index contributed by atoms with van der Waals surface area (Å²) >= 11 is 0. The van der Waals surface area contributed by atoms with Gasteiger partial charge in [-0.15, -0.1) is 0 Å². The minimum Gasteiger partial charge on any atom is -0.325 e. The summed E-state index contributed by atoms with van der Waals surface area (Å²) < 4.78 is 0. The van der Waals surface area contributed by atoms with Crippen molar-refractivity contribution in [3.8, 4) is 0 Å². The monoisotopic (exact) mass is 283 g/mol. The van der Waals surface area contributed by atoms with Crippen LogP contribution in [0.25, 0.3) is 0 Å². The molecule has 0 spiro atoms. The number of rotatable bonds is 15. The maximum absolute atomic E-state index is 6.63. The molecule has 0 saturated heterocycles. The maximum Gasteiger partial charge on any atom is 0.0154 e. The van der Waals surface area contributed by atoms with Gasteiger partial charge in [-0.1, -0.05) is 97.8 Å². The number of unbranched alkanes of at least 4 members (excludes halogenated alkanes) is 9. The van der Waals surface area contributed by atoms with Crippen LogP contribution < -0.4 is 5.73 Å². The van der Waals surface area contributed by atoms with E-state index in [1.165, 1.54) is 96.3 Å². The first-order chi connectivity index (χ1) is 9.68. The van der Waals surface area contributed by atoms with Crippen molar-refractivity contribution in [2.24, 2.45) is 5.73 Å². The number of hydrogen-bond acceptors (Lipinski definition) is 1. The largest absolute Gasteiger partial charge is 0.325 e. The third kappa shape index (κ3) is 11.8. The molecule has 0 aliphatic carbocycles. The molecule has 0 amide bonds. The molecule has 20 heavy (non-hydrogen) atoms. The Bertz CT molecular complexity index is 190. The fraction of sp³-hybridized carbons (Fsp3) is 1.00. The molecule has 0 aliphatic heterocycles. The van der Waals surface area contributed by atoms with Crippen molar-refractivity contribution in [3.63, 3.8) is 0 Å². The van der Waals surface area contributed by atoms with E-state index < -0.39 is 0 Å². The second kappa shape index (κ2) is 13.9. The molecule has 1 heteroatoms. The van der Waals surface area contributed by atoms with E-state index in [1.54, 1.807) is 0 Å². The predicted octanol–water partition coefficient (Wildman–Crippen LogP) is 6.60. The van der Waals surface area contributed by atoms with Gasteiger partial charge in [-0.05, 0) is 19.3 Å². The van der Waals surface area contributed by atoms with Gasteiger partial charge in [0.2, 0.25) is 0 Å². The Morgan fingerprint density at radius 3 is 1.40 bits per heavy atom.